The van der Waals surface area contributed by atoms with E-state index in [0.29, 0.717) is 6.42 Å². The third kappa shape index (κ3) is 6.60. The van der Waals surface area contributed by atoms with Crippen molar-refractivity contribution in [2.24, 2.45) is 5.73 Å². The molecule has 14 heavy (non-hydrogen) atoms. The largest absolute Gasteiger partial charge is 0.369 e. The molecule has 0 unspecified atom stereocenters. The summed E-state index contributed by atoms with van der Waals surface area (Å²) in [7, 11) is 0. The minimum Gasteiger partial charge on any atom is -0.369 e. The zero-order valence-electron chi connectivity index (χ0n) is 9.25. The van der Waals surface area contributed by atoms with Crippen LogP contribution in [0.5, 0.6) is 0 Å². The average Bonchev–Trinajstić information content (AvgIpc) is 2.00. The van der Waals surface area contributed by atoms with E-state index in [1.54, 1.807) is 6.92 Å². The van der Waals surface area contributed by atoms with Crippen molar-refractivity contribution < 1.29 is 9.59 Å². The van der Waals surface area contributed by atoms with Crippen LogP contribution >= 0.6 is 0 Å². The first-order chi connectivity index (χ1) is 6.43. The summed E-state index contributed by atoms with van der Waals surface area (Å²) in [5, 5.41) is 0. The molecule has 0 spiro atoms. The second-order valence-electron chi connectivity index (χ2n) is 3.84. The summed E-state index contributed by atoms with van der Waals surface area (Å²) in [6.07, 6.45) is 1.36. The standard InChI is InChI=1S/C10H20N2O2/c1-8(2)12(7-10(11)14)6-4-5-9(3)13/h8H,4-7H2,1-3H3,(H2,11,14). The Balaban J connectivity index is 3.85. The van der Waals surface area contributed by atoms with Gasteiger partial charge in [-0.25, -0.2) is 0 Å². The maximum Gasteiger partial charge on any atom is 0.231 e. The van der Waals surface area contributed by atoms with Gasteiger partial charge in [-0.3, -0.25) is 9.69 Å². The Bertz CT molecular complexity index is 202. The van der Waals surface area contributed by atoms with Gasteiger partial charge in [0.25, 0.3) is 0 Å². The average molecular weight is 200 g/mol. The molecular formula is C10H20N2O2. The second kappa shape index (κ2) is 6.54. The van der Waals surface area contributed by atoms with E-state index >= 15 is 0 Å². The van der Waals surface area contributed by atoms with Crippen molar-refractivity contribution in [2.45, 2.75) is 39.7 Å². The van der Waals surface area contributed by atoms with Gasteiger partial charge in [-0.2, -0.15) is 0 Å². The van der Waals surface area contributed by atoms with Gasteiger partial charge in [-0.1, -0.05) is 0 Å². The van der Waals surface area contributed by atoms with Gasteiger partial charge in [-0.15, -0.1) is 0 Å². The van der Waals surface area contributed by atoms with Crippen LogP contribution in [0.1, 0.15) is 33.6 Å². The predicted octanol–water partition coefficient (Wildman–Crippen LogP) is 0.551. The monoisotopic (exact) mass is 200 g/mol. The van der Waals surface area contributed by atoms with Crippen molar-refractivity contribution in [3.63, 3.8) is 0 Å². The lowest BCUT2D eigenvalue weighted by Crippen LogP contribution is -2.39. The first-order valence-corrected chi connectivity index (χ1v) is 4.95. The van der Waals surface area contributed by atoms with E-state index < -0.39 is 0 Å². The van der Waals surface area contributed by atoms with E-state index in [-0.39, 0.29) is 24.3 Å². The lowest BCUT2D eigenvalue weighted by Gasteiger charge is -2.24. The highest BCUT2D eigenvalue weighted by molar-refractivity contribution is 5.76. The zero-order chi connectivity index (χ0) is 11.1. The number of nitrogens with zero attached hydrogens (tertiary/aromatic N) is 1. The van der Waals surface area contributed by atoms with Crippen LogP contribution < -0.4 is 5.73 Å². The number of primary amides is 1. The number of rotatable bonds is 7. The van der Waals surface area contributed by atoms with Crippen LogP contribution in [0.15, 0.2) is 0 Å². The SMILES string of the molecule is CC(=O)CCCN(CC(N)=O)C(C)C. The van der Waals surface area contributed by atoms with E-state index in [1.165, 1.54) is 0 Å². The Morgan fingerprint density at radius 2 is 1.93 bits per heavy atom. The second-order valence-corrected chi connectivity index (χ2v) is 3.84. The maximum atomic E-state index is 10.7. The number of carbonyl (C=O) groups is 2. The Morgan fingerprint density at radius 1 is 1.36 bits per heavy atom. The first kappa shape index (κ1) is 13.1. The molecule has 0 saturated carbocycles. The van der Waals surface area contributed by atoms with Crippen molar-refractivity contribution in [2.75, 3.05) is 13.1 Å². The van der Waals surface area contributed by atoms with Crippen molar-refractivity contribution in [3.8, 4) is 0 Å². The molecule has 0 bridgehead atoms. The van der Waals surface area contributed by atoms with Crippen molar-refractivity contribution >= 4 is 11.7 Å². The molecule has 4 nitrogen and oxygen atoms in total. The quantitative estimate of drug-likeness (QED) is 0.652. The molecule has 0 saturated heterocycles. The van der Waals surface area contributed by atoms with Gasteiger partial charge in [0.1, 0.15) is 5.78 Å². The Hall–Kier alpha value is -0.900. The van der Waals surface area contributed by atoms with Crippen LogP contribution in [0, 0.1) is 0 Å². The molecule has 0 aromatic rings. The topological polar surface area (TPSA) is 63.4 Å². The molecule has 4 heteroatoms. The summed E-state index contributed by atoms with van der Waals surface area (Å²) in [5.41, 5.74) is 5.12. The fourth-order valence-corrected chi connectivity index (χ4v) is 1.25. The smallest absolute Gasteiger partial charge is 0.231 e. The van der Waals surface area contributed by atoms with Gasteiger partial charge in [0.2, 0.25) is 5.91 Å². The highest BCUT2D eigenvalue weighted by atomic mass is 16.1. The minimum absolute atomic E-state index is 0.188. The molecule has 0 aliphatic carbocycles. The van der Waals surface area contributed by atoms with E-state index in [4.69, 9.17) is 5.73 Å². The summed E-state index contributed by atoms with van der Waals surface area (Å²) in [6.45, 7) is 6.62. The van der Waals surface area contributed by atoms with Gasteiger partial charge in [0.15, 0.2) is 0 Å². The zero-order valence-corrected chi connectivity index (χ0v) is 9.25. The molecule has 0 radical (unpaired) electrons. The molecule has 2 N–H and O–H groups in total. The molecule has 0 atom stereocenters. The number of Topliss-reactive ketones (excluding diaryl/α,β-unsaturated/α-hetero) is 1. The normalized spacial score (nSPS) is 10.9. The van der Waals surface area contributed by atoms with Gasteiger partial charge >= 0.3 is 0 Å². The minimum atomic E-state index is -0.318. The van der Waals surface area contributed by atoms with Crippen LogP contribution in [0.25, 0.3) is 0 Å². The summed E-state index contributed by atoms with van der Waals surface area (Å²) >= 11 is 0. The van der Waals surface area contributed by atoms with Crippen molar-refractivity contribution in [3.05, 3.63) is 0 Å². The molecule has 0 heterocycles. The number of carbonyl (C=O) groups excluding carboxylic acids is 2. The fraction of sp³-hybridized carbons (Fsp3) is 0.800. The number of hydrogen-bond donors (Lipinski definition) is 1. The van der Waals surface area contributed by atoms with Crippen LogP contribution in [0.2, 0.25) is 0 Å². The molecule has 0 aliphatic rings. The lowest BCUT2D eigenvalue weighted by atomic mass is 10.2. The summed E-state index contributed by atoms with van der Waals surface area (Å²) in [4.78, 5) is 23.4. The van der Waals surface area contributed by atoms with E-state index in [9.17, 15) is 9.59 Å². The van der Waals surface area contributed by atoms with Crippen LogP contribution in [0.4, 0.5) is 0 Å². The highest BCUT2D eigenvalue weighted by Crippen LogP contribution is 2.01. The summed E-state index contributed by atoms with van der Waals surface area (Å²) in [6, 6.07) is 0.287. The molecule has 0 aromatic heterocycles. The molecule has 0 fully saturated rings. The van der Waals surface area contributed by atoms with Crippen molar-refractivity contribution in [1.29, 1.82) is 0 Å². The molecule has 0 rings (SSSR count). The molecule has 82 valence electrons. The van der Waals surface area contributed by atoms with E-state index in [0.717, 1.165) is 13.0 Å². The van der Waals surface area contributed by atoms with Gasteiger partial charge in [0.05, 0.1) is 6.54 Å². The molecular weight excluding hydrogens is 180 g/mol. The Morgan fingerprint density at radius 3 is 2.29 bits per heavy atom. The van der Waals surface area contributed by atoms with Gasteiger partial charge in [0, 0.05) is 12.5 Å². The highest BCUT2D eigenvalue weighted by Gasteiger charge is 2.11. The van der Waals surface area contributed by atoms with Crippen molar-refractivity contribution in [1.82, 2.24) is 4.90 Å². The Labute approximate surface area is 85.4 Å². The van der Waals surface area contributed by atoms with E-state index in [2.05, 4.69) is 0 Å². The van der Waals surface area contributed by atoms with Crippen LogP contribution in [-0.2, 0) is 9.59 Å². The molecule has 0 aromatic carbocycles. The fourth-order valence-electron chi connectivity index (χ4n) is 1.25. The summed E-state index contributed by atoms with van der Waals surface area (Å²) in [5.74, 6) is -0.130. The number of hydrogen-bond acceptors (Lipinski definition) is 3. The number of ketones is 1. The van der Waals surface area contributed by atoms with Gasteiger partial charge in [-0.05, 0) is 33.7 Å². The lowest BCUT2D eigenvalue weighted by molar-refractivity contribution is -0.119. The number of nitrogens with two attached hydrogens (primary N) is 1. The first-order valence-electron chi connectivity index (χ1n) is 4.95. The predicted molar refractivity (Wildman–Crippen MR) is 55.8 cm³/mol. The third-order valence-corrected chi connectivity index (χ3v) is 2.06. The van der Waals surface area contributed by atoms with Crippen LogP contribution in [0.3, 0.4) is 0 Å². The number of amides is 1. The summed E-state index contributed by atoms with van der Waals surface area (Å²) < 4.78 is 0. The Kier molecular flexibility index (Phi) is 6.12. The van der Waals surface area contributed by atoms with Crippen LogP contribution in [-0.4, -0.2) is 35.7 Å². The van der Waals surface area contributed by atoms with E-state index in [1.807, 2.05) is 18.7 Å². The molecule has 1 amide bonds. The molecule has 0 aliphatic heterocycles. The maximum absolute atomic E-state index is 10.7. The van der Waals surface area contributed by atoms with Gasteiger partial charge < -0.3 is 10.5 Å². The third-order valence-electron chi connectivity index (χ3n) is 2.06.